The molecule has 1 atom stereocenters. The molecule has 0 heterocycles. The van der Waals surface area contributed by atoms with E-state index in [2.05, 4.69) is 0 Å². The minimum Gasteiger partial charge on any atom is -0.380 e. The Morgan fingerprint density at radius 3 is 1.91 bits per heavy atom. The third kappa shape index (κ3) is 3.48. The minimum absolute atomic E-state index is 0.101. The van der Waals surface area contributed by atoms with Crippen molar-refractivity contribution in [2.75, 3.05) is 20.0 Å². The van der Waals surface area contributed by atoms with Crippen LogP contribution in [0.5, 0.6) is 0 Å². The number of ether oxygens (including phenoxy) is 2. The molecule has 0 unspecified atom stereocenters. The lowest BCUT2D eigenvalue weighted by Crippen LogP contribution is -2.45. The Kier molecular flexibility index (Phi) is 5.26. The number of aryl methyl sites for hydroxylation is 1. The van der Waals surface area contributed by atoms with Crippen LogP contribution in [-0.4, -0.2) is 40.7 Å². The van der Waals surface area contributed by atoms with Gasteiger partial charge in [-0.3, -0.25) is 4.21 Å². The monoisotopic (exact) mass is 336 g/mol. The summed E-state index contributed by atoms with van der Waals surface area (Å²) in [5, 5.41) is 11.1. The number of rotatable bonds is 5. The van der Waals surface area contributed by atoms with E-state index in [4.69, 9.17) is 9.47 Å². The van der Waals surface area contributed by atoms with Gasteiger partial charge < -0.3 is 14.6 Å². The van der Waals surface area contributed by atoms with Crippen LogP contribution in [0.2, 0.25) is 0 Å². The summed E-state index contributed by atoms with van der Waals surface area (Å²) in [5.74, 6) is -0.879. The molecule has 0 radical (unpaired) electrons. The zero-order chi connectivity index (χ0) is 17.3. The van der Waals surface area contributed by atoms with Crippen molar-refractivity contribution in [2.45, 2.75) is 37.1 Å². The Morgan fingerprint density at radius 2 is 1.48 bits per heavy atom. The van der Waals surface area contributed by atoms with Gasteiger partial charge in [0.1, 0.15) is 5.60 Å². The molecule has 0 aliphatic heterocycles. The predicted molar refractivity (Wildman–Crippen MR) is 91.7 cm³/mol. The molecule has 0 saturated carbocycles. The topological polar surface area (TPSA) is 55.8 Å². The van der Waals surface area contributed by atoms with Crippen LogP contribution in [0.3, 0.4) is 0 Å². The Labute approximate surface area is 140 Å². The van der Waals surface area contributed by atoms with E-state index >= 15 is 0 Å². The molecule has 2 rings (SSSR count). The van der Waals surface area contributed by atoms with E-state index in [1.165, 1.54) is 0 Å². The van der Waals surface area contributed by atoms with Crippen molar-refractivity contribution in [3.8, 4) is 0 Å². The van der Waals surface area contributed by atoms with Gasteiger partial charge in [0.2, 0.25) is 5.79 Å². The quantitative estimate of drug-likeness (QED) is 0.663. The highest BCUT2D eigenvalue weighted by atomic mass is 32.2. The van der Waals surface area contributed by atoms with Crippen molar-refractivity contribution < 1.29 is 18.8 Å². The summed E-state index contributed by atoms with van der Waals surface area (Å²) in [6.45, 7) is 5.58. The molecule has 1 aromatic rings. The maximum Gasteiger partial charge on any atom is 0.208 e. The van der Waals surface area contributed by atoms with Crippen molar-refractivity contribution in [1.82, 2.24) is 0 Å². The molecule has 23 heavy (non-hydrogen) atoms. The molecule has 0 saturated heterocycles. The van der Waals surface area contributed by atoms with Gasteiger partial charge in [0.25, 0.3) is 0 Å². The fourth-order valence-corrected chi connectivity index (χ4v) is 4.15. The van der Waals surface area contributed by atoms with Crippen LogP contribution in [0.15, 0.2) is 52.5 Å². The maximum atomic E-state index is 12.7. The number of hydrogen-bond acceptors (Lipinski definition) is 4. The molecule has 0 bridgehead atoms. The second-order valence-corrected chi connectivity index (χ2v) is 7.40. The van der Waals surface area contributed by atoms with Crippen molar-refractivity contribution in [3.63, 3.8) is 0 Å². The van der Waals surface area contributed by atoms with E-state index < -0.39 is 22.2 Å². The highest BCUT2D eigenvalue weighted by molar-refractivity contribution is 7.85. The zero-order valence-electron chi connectivity index (χ0n) is 14.3. The Hall–Kier alpha value is -1.27. The Bertz CT molecular complexity index is 632. The van der Waals surface area contributed by atoms with Crippen LogP contribution in [-0.2, 0) is 20.3 Å². The predicted octanol–water partition coefficient (Wildman–Crippen LogP) is 2.73. The van der Waals surface area contributed by atoms with E-state index in [0.717, 1.165) is 5.56 Å². The summed E-state index contributed by atoms with van der Waals surface area (Å²) in [6.07, 6.45) is 3.46. The molecule has 1 aromatic carbocycles. The first-order valence-electron chi connectivity index (χ1n) is 7.44. The average molecular weight is 336 g/mol. The lowest BCUT2D eigenvalue weighted by molar-refractivity contribution is -0.137. The van der Waals surface area contributed by atoms with Gasteiger partial charge in [-0.2, -0.15) is 0 Å². The molecule has 0 aromatic heterocycles. The summed E-state index contributed by atoms with van der Waals surface area (Å²) in [7, 11) is 1.78. The molecule has 5 heteroatoms. The third-order valence-corrected chi connectivity index (χ3v) is 5.88. The van der Waals surface area contributed by atoms with Gasteiger partial charge in [-0.15, -0.1) is 0 Å². The number of hydrogen-bond donors (Lipinski definition) is 1. The van der Waals surface area contributed by atoms with Crippen LogP contribution >= 0.6 is 0 Å². The number of aliphatic hydroxyl groups is 1. The lowest BCUT2D eigenvalue weighted by Gasteiger charge is -2.38. The zero-order valence-corrected chi connectivity index (χ0v) is 15.1. The van der Waals surface area contributed by atoms with Gasteiger partial charge in [-0.25, -0.2) is 0 Å². The summed E-state index contributed by atoms with van der Waals surface area (Å²) in [6, 6.07) is 7.52. The van der Waals surface area contributed by atoms with E-state index in [9.17, 15) is 9.32 Å². The van der Waals surface area contributed by atoms with E-state index in [1.807, 2.05) is 31.2 Å². The Balaban J connectivity index is 2.30. The fraction of sp³-hybridized carbons (Fsp3) is 0.444. The van der Waals surface area contributed by atoms with Crippen LogP contribution < -0.4 is 0 Å². The molecular weight excluding hydrogens is 312 g/mol. The van der Waals surface area contributed by atoms with Crippen molar-refractivity contribution >= 4 is 10.8 Å². The molecule has 126 valence electrons. The summed E-state index contributed by atoms with van der Waals surface area (Å²) in [4.78, 5) is 0.708. The van der Waals surface area contributed by atoms with Gasteiger partial charge in [0.05, 0.1) is 16.6 Å². The van der Waals surface area contributed by atoms with Gasteiger partial charge >= 0.3 is 0 Å². The van der Waals surface area contributed by atoms with Gasteiger partial charge in [0, 0.05) is 19.1 Å². The van der Waals surface area contributed by atoms with Crippen LogP contribution in [0.25, 0.3) is 0 Å². The van der Waals surface area contributed by atoms with Gasteiger partial charge in [-0.1, -0.05) is 17.7 Å². The lowest BCUT2D eigenvalue weighted by atomic mass is 9.82. The number of benzene rings is 1. The minimum atomic E-state index is -1.31. The summed E-state index contributed by atoms with van der Waals surface area (Å²) in [5.41, 5.74) is 1.18. The van der Waals surface area contributed by atoms with E-state index in [1.54, 1.807) is 40.2 Å². The molecule has 4 nitrogen and oxygen atoms in total. The van der Waals surface area contributed by atoms with E-state index in [0.29, 0.717) is 16.0 Å². The van der Waals surface area contributed by atoms with Crippen LogP contribution in [0.1, 0.15) is 19.4 Å². The van der Waals surface area contributed by atoms with Gasteiger partial charge in [0.15, 0.2) is 0 Å². The molecule has 0 amide bonds. The number of methoxy groups -OCH3 is 2. The molecule has 1 N–H and O–H groups in total. The SMILES string of the molecule is COC1(OC)C=C(C)C(O)(C[S@@](=O)c2ccc(C)cc2)C(C)=C1. The first-order chi connectivity index (χ1) is 10.8. The molecule has 0 fully saturated rings. The second-order valence-electron chi connectivity index (χ2n) is 5.95. The van der Waals surface area contributed by atoms with Gasteiger partial charge in [-0.05, 0) is 56.2 Å². The molecule has 1 aliphatic rings. The molecular formula is C18H24O4S. The standard InChI is InChI=1S/C18H24O4S/c1-13-6-8-16(9-7-13)23(20)12-18(19)14(2)10-17(21-4,22-5)11-15(18)3/h6-11,19H,12H2,1-5H3/t23-/m1/s1. The first kappa shape index (κ1) is 18.1. The highest BCUT2D eigenvalue weighted by Gasteiger charge is 2.41. The fourth-order valence-electron chi connectivity index (χ4n) is 2.70. The smallest absolute Gasteiger partial charge is 0.208 e. The summed E-state index contributed by atoms with van der Waals surface area (Å²) < 4.78 is 23.5. The Morgan fingerprint density at radius 1 is 1.00 bits per heavy atom. The largest absolute Gasteiger partial charge is 0.380 e. The average Bonchev–Trinajstić information content (AvgIpc) is 2.53. The summed E-state index contributed by atoms with van der Waals surface area (Å²) >= 11 is 0. The van der Waals surface area contributed by atoms with Crippen LogP contribution in [0.4, 0.5) is 0 Å². The van der Waals surface area contributed by atoms with E-state index in [-0.39, 0.29) is 5.75 Å². The highest BCUT2D eigenvalue weighted by Crippen LogP contribution is 2.37. The van der Waals surface area contributed by atoms with Crippen LogP contribution in [0, 0.1) is 6.92 Å². The first-order valence-corrected chi connectivity index (χ1v) is 8.76. The van der Waals surface area contributed by atoms with Crippen molar-refractivity contribution in [1.29, 1.82) is 0 Å². The molecule has 1 aliphatic carbocycles. The normalized spacial score (nSPS) is 20.6. The molecule has 0 spiro atoms. The van der Waals surface area contributed by atoms with Crippen molar-refractivity contribution in [2.24, 2.45) is 0 Å². The van der Waals surface area contributed by atoms with Crippen molar-refractivity contribution in [3.05, 3.63) is 53.1 Å². The second kappa shape index (κ2) is 6.69. The third-order valence-electron chi connectivity index (χ3n) is 4.40. The maximum absolute atomic E-state index is 12.7.